The number of amides is 2. The van der Waals surface area contributed by atoms with Crippen molar-refractivity contribution in [2.75, 3.05) is 12.8 Å². The molecule has 2 amide bonds. The fourth-order valence-corrected chi connectivity index (χ4v) is 5.96. The summed E-state index contributed by atoms with van der Waals surface area (Å²) in [6.45, 7) is 0.541. The fraction of sp³-hybridized carbons (Fsp3) is 0.222. The molecule has 204 valence electrons. The van der Waals surface area contributed by atoms with Gasteiger partial charge in [0.05, 0.1) is 15.6 Å². The SMILES string of the molecule is CS(=O)c1cc(F)cc(C[C@H](NC(=O)c2c(Cl)cc3c(c2Cl)CCN(C(=O)c2cccc(Cl)c2)C3)C(=O)O)c1. The summed E-state index contributed by atoms with van der Waals surface area (Å²) in [5.41, 5.74) is 1.90. The molecule has 0 aliphatic carbocycles. The van der Waals surface area contributed by atoms with Gasteiger partial charge in [-0.15, -0.1) is 0 Å². The second kappa shape index (κ2) is 12.0. The Labute approximate surface area is 241 Å². The van der Waals surface area contributed by atoms with Gasteiger partial charge in [-0.3, -0.25) is 13.8 Å². The van der Waals surface area contributed by atoms with Gasteiger partial charge in [0.25, 0.3) is 11.8 Å². The highest BCUT2D eigenvalue weighted by atomic mass is 35.5. The van der Waals surface area contributed by atoms with Crippen LogP contribution >= 0.6 is 34.8 Å². The normalized spacial score (nSPS) is 14.3. The lowest BCUT2D eigenvalue weighted by Crippen LogP contribution is -2.42. The van der Waals surface area contributed by atoms with Crippen molar-refractivity contribution < 1.29 is 28.1 Å². The van der Waals surface area contributed by atoms with Crippen LogP contribution < -0.4 is 5.32 Å². The van der Waals surface area contributed by atoms with Crippen molar-refractivity contribution in [1.82, 2.24) is 10.2 Å². The van der Waals surface area contributed by atoms with Crippen LogP contribution in [0.4, 0.5) is 4.39 Å². The molecule has 3 aromatic carbocycles. The minimum Gasteiger partial charge on any atom is -0.480 e. The zero-order valence-corrected chi connectivity index (χ0v) is 23.6. The van der Waals surface area contributed by atoms with E-state index in [1.54, 1.807) is 35.2 Å². The van der Waals surface area contributed by atoms with Gasteiger partial charge in [-0.2, -0.15) is 0 Å². The first-order valence-electron chi connectivity index (χ1n) is 11.7. The Morgan fingerprint density at radius 3 is 2.54 bits per heavy atom. The van der Waals surface area contributed by atoms with Gasteiger partial charge < -0.3 is 15.3 Å². The van der Waals surface area contributed by atoms with E-state index in [9.17, 15) is 28.1 Å². The van der Waals surface area contributed by atoms with E-state index in [0.717, 1.165) is 12.1 Å². The number of carboxylic acids is 1. The van der Waals surface area contributed by atoms with Gasteiger partial charge in [0, 0.05) is 52.0 Å². The van der Waals surface area contributed by atoms with Crippen molar-refractivity contribution in [3.63, 3.8) is 0 Å². The van der Waals surface area contributed by atoms with Crippen LogP contribution in [0.3, 0.4) is 0 Å². The van der Waals surface area contributed by atoms with Gasteiger partial charge in [-0.1, -0.05) is 40.9 Å². The van der Waals surface area contributed by atoms with E-state index in [4.69, 9.17) is 34.8 Å². The molecule has 0 spiro atoms. The summed E-state index contributed by atoms with van der Waals surface area (Å²) < 4.78 is 25.8. The molecule has 1 heterocycles. The van der Waals surface area contributed by atoms with Gasteiger partial charge in [-0.25, -0.2) is 9.18 Å². The van der Waals surface area contributed by atoms with Crippen molar-refractivity contribution in [2.45, 2.75) is 30.3 Å². The molecule has 0 bridgehead atoms. The van der Waals surface area contributed by atoms with Crippen molar-refractivity contribution in [2.24, 2.45) is 0 Å². The molecule has 1 unspecified atom stereocenters. The zero-order chi connectivity index (χ0) is 28.4. The maximum Gasteiger partial charge on any atom is 0.326 e. The Hall–Kier alpha value is -2.98. The Morgan fingerprint density at radius 1 is 1.13 bits per heavy atom. The van der Waals surface area contributed by atoms with E-state index in [2.05, 4.69) is 5.32 Å². The number of hydrogen-bond donors (Lipinski definition) is 2. The van der Waals surface area contributed by atoms with Crippen LogP contribution in [0.25, 0.3) is 0 Å². The molecule has 3 aromatic rings. The summed E-state index contributed by atoms with van der Waals surface area (Å²) in [7, 11) is -1.48. The van der Waals surface area contributed by atoms with Crippen LogP contribution in [0.2, 0.25) is 15.1 Å². The van der Waals surface area contributed by atoms with Gasteiger partial charge in [0.15, 0.2) is 0 Å². The van der Waals surface area contributed by atoms with Crippen LogP contribution in [0.5, 0.6) is 0 Å². The van der Waals surface area contributed by atoms with Gasteiger partial charge in [0.2, 0.25) is 0 Å². The number of benzene rings is 3. The highest BCUT2D eigenvalue weighted by Gasteiger charge is 2.30. The van der Waals surface area contributed by atoms with E-state index in [1.165, 1.54) is 12.3 Å². The Morgan fingerprint density at radius 2 is 1.87 bits per heavy atom. The zero-order valence-electron chi connectivity index (χ0n) is 20.5. The number of hydrogen-bond acceptors (Lipinski definition) is 4. The van der Waals surface area contributed by atoms with E-state index >= 15 is 0 Å². The fourth-order valence-electron chi connectivity index (χ4n) is 4.41. The molecular formula is C27H22Cl3FN2O5S. The standard InChI is InChI=1S/C27H22Cl3FN2O5S/c1-39(38)19-8-14(7-18(31)12-19)9-22(27(36)37)32-25(34)23-21(29)11-16-13-33(6-5-20(16)24(23)30)26(35)15-3-2-4-17(28)10-15/h2-4,7-8,10-12,22H,5-6,9,13H2,1H3,(H,32,34)(H,36,37)/t22-,39?/m0/s1. The third kappa shape index (κ3) is 6.61. The van der Waals surface area contributed by atoms with Crippen molar-refractivity contribution in [1.29, 1.82) is 0 Å². The van der Waals surface area contributed by atoms with Crippen molar-refractivity contribution >= 4 is 63.4 Å². The third-order valence-electron chi connectivity index (χ3n) is 6.30. The van der Waals surface area contributed by atoms with Gasteiger partial charge in [-0.05, 0) is 65.6 Å². The average molecular weight is 612 g/mol. The predicted molar refractivity (Wildman–Crippen MR) is 148 cm³/mol. The smallest absolute Gasteiger partial charge is 0.326 e. The quantitative estimate of drug-likeness (QED) is 0.385. The van der Waals surface area contributed by atoms with Gasteiger partial charge in [0.1, 0.15) is 11.9 Å². The molecule has 0 fully saturated rings. The first-order valence-corrected chi connectivity index (χ1v) is 14.3. The summed E-state index contributed by atoms with van der Waals surface area (Å²) in [5.74, 6) is -3.05. The lowest BCUT2D eigenvalue weighted by molar-refractivity contribution is -0.139. The van der Waals surface area contributed by atoms with E-state index in [1.807, 2.05) is 0 Å². The molecule has 0 saturated carbocycles. The van der Waals surface area contributed by atoms with E-state index < -0.39 is 34.5 Å². The number of rotatable bonds is 7. The molecule has 7 nitrogen and oxygen atoms in total. The highest BCUT2D eigenvalue weighted by Crippen LogP contribution is 2.35. The number of carbonyl (C=O) groups excluding carboxylic acids is 2. The number of nitrogens with zero attached hydrogens (tertiary/aromatic N) is 1. The minimum atomic E-state index is -1.48. The minimum absolute atomic E-state index is 0.00753. The molecule has 0 aromatic heterocycles. The largest absolute Gasteiger partial charge is 0.480 e. The molecular weight excluding hydrogens is 590 g/mol. The summed E-state index contributed by atoms with van der Waals surface area (Å²) >= 11 is 19.0. The monoisotopic (exact) mass is 610 g/mol. The molecule has 0 radical (unpaired) electrons. The Bertz CT molecular complexity index is 1520. The maximum atomic E-state index is 14.0. The van der Waals surface area contributed by atoms with Crippen LogP contribution in [-0.4, -0.2) is 50.8 Å². The average Bonchev–Trinajstić information content (AvgIpc) is 2.87. The van der Waals surface area contributed by atoms with Crippen LogP contribution in [0, 0.1) is 5.82 Å². The van der Waals surface area contributed by atoms with Gasteiger partial charge >= 0.3 is 5.97 Å². The number of carboxylic acid groups (broad SMARTS) is 1. The number of fused-ring (bicyclic) bond motifs is 1. The summed E-state index contributed by atoms with van der Waals surface area (Å²) in [6.07, 6.45) is 1.46. The van der Waals surface area contributed by atoms with Crippen molar-refractivity contribution in [3.8, 4) is 0 Å². The van der Waals surface area contributed by atoms with Crippen LogP contribution in [0.1, 0.15) is 37.4 Å². The number of nitrogens with one attached hydrogen (secondary N) is 1. The molecule has 2 atom stereocenters. The molecule has 1 aliphatic heterocycles. The van der Waals surface area contributed by atoms with E-state index in [-0.39, 0.29) is 44.9 Å². The molecule has 0 saturated heterocycles. The third-order valence-corrected chi connectivity index (χ3v) is 8.15. The highest BCUT2D eigenvalue weighted by molar-refractivity contribution is 7.84. The number of aliphatic carboxylic acids is 1. The first-order chi connectivity index (χ1) is 18.4. The summed E-state index contributed by atoms with van der Waals surface area (Å²) in [5, 5.41) is 12.6. The lowest BCUT2D eigenvalue weighted by Gasteiger charge is -2.30. The predicted octanol–water partition coefficient (Wildman–Crippen LogP) is 5.15. The van der Waals surface area contributed by atoms with Crippen molar-refractivity contribution in [3.05, 3.63) is 97.2 Å². The molecule has 12 heteroatoms. The molecule has 4 rings (SSSR count). The van der Waals surface area contributed by atoms with E-state index in [0.29, 0.717) is 34.7 Å². The molecule has 2 N–H and O–H groups in total. The van der Waals surface area contributed by atoms with Crippen LogP contribution in [-0.2, 0) is 35.0 Å². The molecule has 39 heavy (non-hydrogen) atoms. The maximum absolute atomic E-state index is 14.0. The summed E-state index contributed by atoms with van der Waals surface area (Å²) in [4.78, 5) is 39.9. The Kier molecular flexibility index (Phi) is 8.96. The second-order valence-electron chi connectivity index (χ2n) is 8.99. The summed E-state index contributed by atoms with van der Waals surface area (Å²) in [6, 6.07) is 10.4. The number of halogens is 4. The lowest BCUT2D eigenvalue weighted by atomic mass is 9.95. The number of carbonyl (C=O) groups is 3. The second-order valence-corrected chi connectivity index (χ2v) is 11.6. The topological polar surface area (TPSA) is 104 Å². The molecule has 1 aliphatic rings. The first kappa shape index (κ1) is 29.0. The van der Waals surface area contributed by atoms with Crippen LogP contribution in [0.15, 0.2) is 53.4 Å². The Balaban J connectivity index is 1.55.